The molecule has 1 aromatic carbocycles. The van der Waals surface area contributed by atoms with Gasteiger partial charge < -0.3 is 15.4 Å². The molecule has 6 heteroatoms. The molecule has 2 N–H and O–H groups in total. The first-order chi connectivity index (χ1) is 10.0. The number of benzene rings is 1. The number of carbonyl (C=O) groups is 1. The molecule has 0 unspecified atom stereocenters. The second kappa shape index (κ2) is 6.45. The van der Waals surface area contributed by atoms with Gasteiger partial charge in [0.2, 0.25) is 0 Å². The number of nitrogens with zero attached hydrogens (tertiary/aromatic N) is 1. The van der Waals surface area contributed by atoms with E-state index in [2.05, 4.69) is 15.6 Å². The molecular weight excluding hydrogens is 290 g/mol. The molecular formula is C15H16ClN3O2. The molecule has 5 nitrogen and oxygen atoms in total. The Balaban J connectivity index is 2.30. The number of nitrogens with one attached hydrogen (secondary N) is 2. The van der Waals surface area contributed by atoms with Crippen molar-refractivity contribution in [1.82, 2.24) is 4.98 Å². The number of hydrogen-bond donors (Lipinski definition) is 2. The van der Waals surface area contributed by atoms with Gasteiger partial charge in [-0.15, -0.1) is 0 Å². The van der Waals surface area contributed by atoms with Gasteiger partial charge in [-0.25, -0.2) is 4.98 Å². The molecule has 0 bridgehead atoms. The minimum absolute atomic E-state index is 0.253. The van der Waals surface area contributed by atoms with E-state index in [1.54, 1.807) is 20.2 Å². The highest BCUT2D eigenvalue weighted by molar-refractivity contribution is 6.30. The van der Waals surface area contributed by atoms with E-state index in [0.717, 1.165) is 5.56 Å². The number of carbonyl (C=O) groups excluding carboxylic acids is 1. The van der Waals surface area contributed by atoms with Gasteiger partial charge in [-0.2, -0.15) is 0 Å². The summed E-state index contributed by atoms with van der Waals surface area (Å²) in [5.41, 5.74) is 2.05. The lowest BCUT2D eigenvalue weighted by atomic mass is 10.2. The Morgan fingerprint density at radius 1 is 1.29 bits per heavy atom. The molecule has 2 aromatic rings. The monoisotopic (exact) mass is 305 g/mol. The molecule has 2 rings (SSSR count). The fraction of sp³-hybridized carbons (Fsp3) is 0.200. The Morgan fingerprint density at radius 3 is 2.71 bits per heavy atom. The topological polar surface area (TPSA) is 63.2 Å². The highest BCUT2D eigenvalue weighted by Crippen LogP contribution is 2.26. The molecule has 0 spiro atoms. The quantitative estimate of drug-likeness (QED) is 0.850. The number of aromatic nitrogens is 1. The molecule has 21 heavy (non-hydrogen) atoms. The number of ether oxygens (including phenoxy) is 1. The van der Waals surface area contributed by atoms with E-state index >= 15 is 0 Å². The summed E-state index contributed by atoms with van der Waals surface area (Å²) in [5, 5.41) is 5.93. The SMILES string of the molecule is CNc1cc(C(=O)Nc2cc(C)ccc2OC)cc(Cl)n1. The fourth-order valence-corrected chi connectivity index (χ4v) is 2.08. The van der Waals surface area contributed by atoms with Crippen LogP contribution in [0.5, 0.6) is 5.75 Å². The minimum Gasteiger partial charge on any atom is -0.495 e. The lowest BCUT2D eigenvalue weighted by Crippen LogP contribution is -2.13. The maximum Gasteiger partial charge on any atom is 0.256 e. The maximum absolute atomic E-state index is 12.3. The van der Waals surface area contributed by atoms with E-state index in [0.29, 0.717) is 22.8 Å². The van der Waals surface area contributed by atoms with Crippen LogP contribution in [-0.2, 0) is 0 Å². The zero-order valence-corrected chi connectivity index (χ0v) is 12.8. The average Bonchev–Trinajstić information content (AvgIpc) is 2.46. The summed E-state index contributed by atoms with van der Waals surface area (Å²) >= 11 is 5.90. The van der Waals surface area contributed by atoms with Crippen molar-refractivity contribution in [3.05, 3.63) is 46.6 Å². The van der Waals surface area contributed by atoms with Gasteiger partial charge in [0.05, 0.1) is 12.8 Å². The molecule has 0 aliphatic carbocycles. The molecule has 0 fully saturated rings. The number of anilines is 2. The van der Waals surface area contributed by atoms with Crippen molar-refractivity contribution in [1.29, 1.82) is 0 Å². The summed E-state index contributed by atoms with van der Waals surface area (Å²) in [6, 6.07) is 8.71. The third kappa shape index (κ3) is 3.64. The first-order valence-electron chi connectivity index (χ1n) is 6.35. The van der Waals surface area contributed by atoms with Gasteiger partial charge in [0.1, 0.15) is 16.7 Å². The summed E-state index contributed by atoms with van der Waals surface area (Å²) in [6.07, 6.45) is 0. The summed E-state index contributed by atoms with van der Waals surface area (Å²) in [7, 11) is 3.27. The second-order valence-corrected chi connectivity index (χ2v) is 4.86. The molecule has 1 amide bonds. The van der Waals surface area contributed by atoms with Gasteiger partial charge in [-0.1, -0.05) is 17.7 Å². The lowest BCUT2D eigenvalue weighted by molar-refractivity contribution is 0.102. The number of halogens is 1. The van der Waals surface area contributed by atoms with E-state index in [1.807, 2.05) is 25.1 Å². The Labute approximate surface area is 128 Å². The molecule has 0 atom stereocenters. The van der Waals surface area contributed by atoms with Gasteiger partial charge >= 0.3 is 0 Å². The van der Waals surface area contributed by atoms with Crippen molar-refractivity contribution >= 4 is 29.0 Å². The van der Waals surface area contributed by atoms with Crippen molar-refractivity contribution < 1.29 is 9.53 Å². The molecule has 0 radical (unpaired) electrons. The van der Waals surface area contributed by atoms with E-state index in [1.165, 1.54) is 6.07 Å². The highest BCUT2D eigenvalue weighted by atomic mass is 35.5. The summed E-state index contributed by atoms with van der Waals surface area (Å²) in [5.74, 6) is 0.853. The van der Waals surface area contributed by atoms with Crippen LogP contribution < -0.4 is 15.4 Å². The standard InChI is InChI=1S/C15H16ClN3O2/c1-9-4-5-12(21-3)11(6-9)18-15(20)10-7-13(16)19-14(8-10)17-2/h4-8H,1-3H3,(H,17,19)(H,18,20). The van der Waals surface area contributed by atoms with Crippen molar-refractivity contribution in [2.75, 3.05) is 24.8 Å². The zero-order valence-electron chi connectivity index (χ0n) is 12.0. The van der Waals surface area contributed by atoms with E-state index < -0.39 is 0 Å². The first-order valence-corrected chi connectivity index (χ1v) is 6.72. The van der Waals surface area contributed by atoms with Crippen LogP contribution in [-0.4, -0.2) is 25.0 Å². The van der Waals surface area contributed by atoms with Crippen LogP contribution >= 0.6 is 11.6 Å². The fourth-order valence-electron chi connectivity index (χ4n) is 1.87. The smallest absolute Gasteiger partial charge is 0.256 e. The van der Waals surface area contributed by atoms with E-state index in [4.69, 9.17) is 16.3 Å². The molecule has 1 heterocycles. The maximum atomic E-state index is 12.3. The van der Waals surface area contributed by atoms with Crippen molar-refractivity contribution in [3.63, 3.8) is 0 Å². The summed E-state index contributed by atoms with van der Waals surface area (Å²) in [4.78, 5) is 16.4. The number of amides is 1. The van der Waals surface area contributed by atoms with Crippen molar-refractivity contribution in [2.45, 2.75) is 6.92 Å². The molecule has 0 saturated heterocycles. The largest absolute Gasteiger partial charge is 0.495 e. The van der Waals surface area contributed by atoms with Crippen molar-refractivity contribution in [2.24, 2.45) is 0 Å². The van der Waals surface area contributed by atoms with Gasteiger partial charge in [0.15, 0.2) is 0 Å². The molecule has 0 aliphatic heterocycles. The van der Waals surface area contributed by atoms with E-state index in [-0.39, 0.29) is 11.1 Å². The lowest BCUT2D eigenvalue weighted by Gasteiger charge is -2.11. The van der Waals surface area contributed by atoms with Crippen LogP contribution in [0.3, 0.4) is 0 Å². The molecule has 110 valence electrons. The van der Waals surface area contributed by atoms with E-state index in [9.17, 15) is 4.79 Å². The third-order valence-corrected chi connectivity index (χ3v) is 3.11. The van der Waals surface area contributed by atoms with Crippen LogP contribution in [0.2, 0.25) is 5.15 Å². The number of methoxy groups -OCH3 is 1. The molecule has 0 saturated carbocycles. The average molecular weight is 306 g/mol. The van der Waals surface area contributed by atoms with Crippen LogP contribution in [0.4, 0.5) is 11.5 Å². The van der Waals surface area contributed by atoms with Gasteiger partial charge in [-0.3, -0.25) is 4.79 Å². The van der Waals surface area contributed by atoms with Crippen LogP contribution in [0, 0.1) is 6.92 Å². The second-order valence-electron chi connectivity index (χ2n) is 4.47. The van der Waals surface area contributed by atoms with Gasteiger partial charge in [0, 0.05) is 12.6 Å². The van der Waals surface area contributed by atoms with Crippen LogP contribution in [0.25, 0.3) is 0 Å². The number of hydrogen-bond acceptors (Lipinski definition) is 4. The third-order valence-electron chi connectivity index (χ3n) is 2.92. The van der Waals surface area contributed by atoms with Crippen LogP contribution in [0.15, 0.2) is 30.3 Å². The van der Waals surface area contributed by atoms with Gasteiger partial charge in [-0.05, 0) is 36.8 Å². The Hall–Kier alpha value is -2.27. The Bertz CT molecular complexity index is 674. The number of rotatable bonds is 4. The molecule has 1 aromatic heterocycles. The predicted molar refractivity (Wildman–Crippen MR) is 84.5 cm³/mol. The van der Waals surface area contributed by atoms with Gasteiger partial charge in [0.25, 0.3) is 5.91 Å². The zero-order chi connectivity index (χ0) is 15.4. The highest BCUT2D eigenvalue weighted by Gasteiger charge is 2.12. The minimum atomic E-state index is -0.278. The number of pyridine rings is 1. The Morgan fingerprint density at radius 2 is 2.05 bits per heavy atom. The number of aryl methyl sites for hydroxylation is 1. The normalized spacial score (nSPS) is 10.1. The molecule has 0 aliphatic rings. The van der Waals surface area contributed by atoms with Crippen molar-refractivity contribution in [3.8, 4) is 5.75 Å². The van der Waals surface area contributed by atoms with Crippen LogP contribution in [0.1, 0.15) is 15.9 Å². The summed E-state index contributed by atoms with van der Waals surface area (Å²) in [6.45, 7) is 1.94. The first kappa shape index (κ1) is 15.1. The predicted octanol–water partition coefficient (Wildman–Crippen LogP) is 3.35. The Kier molecular flexibility index (Phi) is 4.65. The summed E-state index contributed by atoms with van der Waals surface area (Å²) < 4.78 is 5.24.